The molecule has 0 saturated carbocycles. The fourth-order valence-electron chi connectivity index (χ4n) is 1.61. The summed E-state index contributed by atoms with van der Waals surface area (Å²) in [6, 6.07) is 2.43. The lowest BCUT2D eigenvalue weighted by atomic mass is 9.78. The molecule has 1 aromatic carbocycles. The molecule has 0 fully saturated rings. The first-order valence-corrected chi connectivity index (χ1v) is 5.03. The van der Waals surface area contributed by atoms with Crippen molar-refractivity contribution >= 4 is 18.6 Å². The van der Waals surface area contributed by atoms with E-state index in [4.69, 9.17) is 9.39 Å². The predicted molar refractivity (Wildman–Crippen MR) is 59.3 cm³/mol. The first-order chi connectivity index (χ1) is 8.13. The molecule has 1 N–H and O–H groups in total. The Labute approximate surface area is 97.8 Å². The smallest absolute Gasteiger partial charge is 0.458 e. The third-order valence-electron chi connectivity index (χ3n) is 2.44. The number of hydrogen-bond acceptors (Lipinski definition) is 4. The van der Waals surface area contributed by atoms with Crippen molar-refractivity contribution < 1.29 is 23.6 Å². The minimum Gasteiger partial charge on any atom is -0.458 e. The van der Waals surface area contributed by atoms with Crippen LogP contribution >= 0.6 is 0 Å². The van der Waals surface area contributed by atoms with E-state index in [-0.39, 0.29) is 18.8 Å². The first kappa shape index (κ1) is 11.8. The molecule has 0 spiro atoms. The van der Waals surface area contributed by atoms with Gasteiger partial charge in [0.05, 0.1) is 12.2 Å². The lowest BCUT2D eigenvalue weighted by Gasteiger charge is -2.06. The molecule has 0 amide bonds. The van der Waals surface area contributed by atoms with E-state index in [0.29, 0.717) is 11.0 Å². The van der Waals surface area contributed by atoms with E-state index in [9.17, 15) is 14.2 Å². The number of esters is 1. The fraction of sp³-hybridized carbons (Fsp3) is 0.182. The van der Waals surface area contributed by atoms with Gasteiger partial charge >= 0.3 is 13.1 Å². The van der Waals surface area contributed by atoms with Crippen LogP contribution in [0, 0.1) is 5.82 Å². The summed E-state index contributed by atoms with van der Waals surface area (Å²) in [5.74, 6) is -1.47. The summed E-state index contributed by atoms with van der Waals surface area (Å²) in [5, 5.41) is 9.44. The van der Waals surface area contributed by atoms with Gasteiger partial charge in [0.25, 0.3) is 0 Å². The van der Waals surface area contributed by atoms with Crippen LogP contribution in [0.15, 0.2) is 24.8 Å². The Balaban J connectivity index is 2.32. The van der Waals surface area contributed by atoms with E-state index in [2.05, 4.69) is 6.58 Å². The monoisotopic (exact) mass is 236 g/mol. The lowest BCUT2D eigenvalue weighted by Crippen LogP contribution is -2.29. The molecule has 0 unspecified atom stereocenters. The van der Waals surface area contributed by atoms with Gasteiger partial charge in [-0.2, -0.15) is 0 Å². The molecule has 0 aliphatic carbocycles. The molecule has 1 aromatic rings. The molecule has 2 rings (SSSR count). The number of carbonyl (C=O) groups is 1. The van der Waals surface area contributed by atoms with Crippen LogP contribution in [-0.2, 0) is 16.0 Å². The summed E-state index contributed by atoms with van der Waals surface area (Å²) in [7, 11) is -1.11. The molecule has 0 bridgehead atoms. The fourth-order valence-corrected chi connectivity index (χ4v) is 1.61. The van der Waals surface area contributed by atoms with Crippen molar-refractivity contribution in [2.45, 2.75) is 6.61 Å². The van der Waals surface area contributed by atoms with Gasteiger partial charge in [0.15, 0.2) is 0 Å². The van der Waals surface area contributed by atoms with Gasteiger partial charge < -0.3 is 14.4 Å². The Morgan fingerprint density at radius 1 is 1.71 bits per heavy atom. The summed E-state index contributed by atoms with van der Waals surface area (Å²) < 4.78 is 23.2. The molecule has 0 radical (unpaired) electrons. The molecule has 1 aliphatic rings. The summed E-state index contributed by atoms with van der Waals surface area (Å²) in [6.07, 6.45) is 1.39. The molecule has 6 heteroatoms. The summed E-state index contributed by atoms with van der Waals surface area (Å²) >= 11 is 0. The quantitative estimate of drug-likeness (QED) is 0.468. The topological polar surface area (TPSA) is 55.8 Å². The highest BCUT2D eigenvalue weighted by atomic mass is 19.1. The second-order valence-corrected chi connectivity index (χ2v) is 3.58. The maximum Gasteiger partial charge on any atom is 0.491 e. The van der Waals surface area contributed by atoms with Crippen LogP contribution < -0.4 is 5.46 Å². The maximum absolute atomic E-state index is 13.6. The van der Waals surface area contributed by atoms with Crippen molar-refractivity contribution in [3.8, 4) is 0 Å². The molecule has 0 saturated heterocycles. The van der Waals surface area contributed by atoms with E-state index >= 15 is 0 Å². The molecular weight excluding hydrogens is 226 g/mol. The van der Waals surface area contributed by atoms with Crippen molar-refractivity contribution in [3.63, 3.8) is 0 Å². The van der Waals surface area contributed by atoms with Gasteiger partial charge in [-0.25, -0.2) is 9.18 Å². The lowest BCUT2D eigenvalue weighted by molar-refractivity contribution is 0.0544. The van der Waals surface area contributed by atoms with Gasteiger partial charge in [0, 0.05) is 0 Å². The maximum atomic E-state index is 13.6. The highest BCUT2D eigenvalue weighted by molar-refractivity contribution is 6.61. The highest BCUT2D eigenvalue weighted by Gasteiger charge is 2.30. The average Bonchev–Trinajstić information content (AvgIpc) is 2.66. The van der Waals surface area contributed by atoms with Crippen LogP contribution in [0.2, 0.25) is 0 Å². The third kappa shape index (κ3) is 2.23. The van der Waals surface area contributed by atoms with Crippen molar-refractivity contribution in [2.24, 2.45) is 0 Å². The first-order valence-electron chi connectivity index (χ1n) is 5.03. The summed E-state index contributed by atoms with van der Waals surface area (Å²) in [4.78, 5) is 11.5. The van der Waals surface area contributed by atoms with E-state index < -0.39 is 18.9 Å². The van der Waals surface area contributed by atoms with E-state index in [1.165, 1.54) is 18.2 Å². The molecule has 1 aliphatic heterocycles. The van der Waals surface area contributed by atoms with Gasteiger partial charge in [0.1, 0.15) is 12.4 Å². The molecule has 17 heavy (non-hydrogen) atoms. The zero-order chi connectivity index (χ0) is 12.4. The van der Waals surface area contributed by atoms with Crippen LogP contribution in [0.4, 0.5) is 4.39 Å². The van der Waals surface area contributed by atoms with Crippen molar-refractivity contribution in [1.29, 1.82) is 0 Å². The second kappa shape index (κ2) is 4.69. The standard InChI is InChI=1S/C11H10BFO4/c1-2-3-16-11(14)8-5-9-7(4-10(8)13)6-17-12(9)15/h2,4-5,15H,1,3,6H2. The van der Waals surface area contributed by atoms with Crippen molar-refractivity contribution in [1.82, 2.24) is 0 Å². The molecule has 1 heterocycles. The summed E-state index contributed by atoms with van der Waals surface area (Å²) in [6.45, 7) is 3.53. The van der Waals surface area contributed by atoms with Crippen LogP contribution in [-0.4, -0.2) is 24.7 Å². The average molecular weight is 236 g/mol. The number of fused-ring (bicyclic) bond motifs is 1. The SMILES string of the molecule is C=CCOC(=O)c1cc2c(cc1F)COB2O. The number of benzene rings is 1. The van der Waals surface area contributed by atoms with Gasteiger partial charge in [-0.3, -0.25) is 0 Å². The predicted octanol–water partition coefficient (Wildman–Crippen LogP) is 0.386. The number of ether oxygens (including phenoxy) is 1. The van der Waals surface area contributed by atoms with Crippen LogP contribution in [0.3, 0.4) is 0 Å². The molecule has 4 nitrogen and oxygen atoms in total. The van der Waals surface area contributed by atoms with Gasteiger partial charge in [-0.15, -0.1) is 0 Å². The van der Waals surface area contributed by atoms with Gasteiger partial charge in [0.2, 0.25) is 0 Å². The minimum absolute atomic E-state index is 0.00834. The molecule has 88 valence electrons. The number of halogens is 1. The van der Waals surface area contributed by atoms with E-state index in [1.807, 2.05) is 0 Å². The highest BCUT2D eigenvalue weighted by Crippen LogP contribution is 2.16. The van der Waals surface area contributed by atoms with Crippen molar-refractivity contribution in [3.05, 3.63) is 41.7 Å². The van der Waals surface area contributed by atoms with E-state index in [0.717, 1.165) is 0 Å². The van der Waals surface area contributed by atoms with E-state index in [1.54, 1.807) is 0 Å². The Kier molecular flexibility index (Phi) is 3.26. The number of carbonyl (C=O) groups excluding carboxylic acids is 1. The largest absolute Gasteiger partial charge is 0.491 e. The molecular formula is C11H10BFO4. The van der Waals surface area contributed by atoms with Crippen LogP contribution in [0.5, 0.6) is 0 Å². The van der Waals surface area contributed by atoms with Crippen LogP contribution in [0.25, 0.3) is 0 Å². The Hall–Kier alpha value is -1.66. The Morgan fingerprint density at radius 3 is 3.18 bits per heavy atom. The normalized spacial score (nSPS) is 13.4. The van der Waals surface area contributed by atoms with Crippen LogP contribution in [0.1, 0.15) is 15.9 Å². The Morgan fingerprint density at radius 2 is 2.47 bits per heavy atom. The van der Waals surface area contributed by atoms with Gasteiger partial charge in [-0.05, 0) is 23.2 Å². The molecule has 0 aromatic heterocycles. The minimum atomic E-state index is -1.11. The zero-order valence-electron chi connectivity index (χ0n) is 8.98. The molecule has 0 atom stereocenters. The Bertz CT molecular complexity index is 475. The number of rotatable bonds is 3. The number of hydrogen-bond donors (Lipinski definition) is 1. The second-order valence-electron chi connectivity index (χ2n) is 3.58. The third-order valence-corrected chi connectivity index (χ3v) is 2.44. The zero-order valence-corrected chi connectivity index (χ0v) is 8.98. The van der Waals surface area contributed by atoms with Gasteiger partial charge in [-0.1, -0.05) is 12.7 Å². The summed E-state index contributed by atoms with van der Waals surface area (Å²) in [5.41, 5.74) is 0.724. The van der Waals surface area contributed by atoms with Crippen molar-refractivity contribution in [2.75, 3.05) is 6.61 Å².